The second kappa shape index (κ2) is 7.85. The Morgan fingerprint density at radius 3 is 2.60 bits per heavy atom. The van der Waals surface area contributed by atoms with Gasteiger partial charge in [0.2, 0.25) is 0 Å². The quantitative estimate of drug-likeness (QED) is 0.759. The molecule has 0 saturated heterocycles. The monoisotopic (exact) mass is 301 g/mol. The van der Waals surface area contributed by atoms with Crippen LogP contribution in [-0.2, 0) is 9.53 Å². The third-order valence-electron chi connectivity index (χ3n) is 2.57. The molecular formula is C14H17ClFNO3. The highest BCUT2D eigenvalue weighted by Crippen LogP contribution is 2.19. The molecule has 6 heteroatoms. The minimum absolute atomic E-state index is 0.0277. The molecule has 1 rings (SSSR count). The van der Waals surface area contributed by atoms with Gasteiger partial charge in [0.05, 0.1) is 17.2 Å². The van der Waals surface area contributed by atoms with Crippen molar-refractivity contribution in [3.8, 4) is 0 Å². The molecule has 110 valence electrons. The van der Waals surface area contributed by atoms with Crippen LogP contribution in [0.25, 0.3) is 0 Å². The third-order valence-corrected chi connectivity index (χ3v) is 2.88. The first kappa shape index (κ1) is 16.4. The summed E-state index contributed by atoms with van der Waals surface area (Å²) < 4.78 is 17.8. The molecule has 0 heterocycles. The lowest BCUT2D eigenvalue weighted by molar-refractivity contribution is -0.143. The van der Waals surface area contributed by atoms with Gasteiger partial charge in [-0.15, -0.1) is 0 Å². The van der Waals surface area contributed by atoms with E-state index >= 15 is 0 Å². The molecule has 0 aliphatic heterocycles. The first-order chi connectivity index (χ1) is 9.49. The molecule has 0 N–H and O–H groups in total. The van der Waals surface area contributed by atoms with Crippen molar-refractivity contribution in [2.24, 2.45) is 0 Å². The molecule has 0 atom stereocenters. The summed E-state index contributed by atoms with van der Waals surface area (Å²) >= 11 is 5.86. The number of amides is 1. The van der Waals surface area contributed by atoms with Gasteiger partial charge in [0.15, 0.2) is 0 Å². The molecular weight excluding hydrogens is 285 g/mol. The van der Waals surface area contributed by atoms with Crippen molar-refractivity contribution in [3.63, 3.8) is 0 Å². The molecule has 0 aliphatic carbocycles. The Morgan fingerprint density at radius 2 is 2.05 bits per heavy atom. The average molecular weight is 302 g/mol. The van der Waals surface area contributed by atoms with E-state index in [0.29, 0.717) is 13.0 Å². The van der Waals surface area contributed by atoms with E-state index in [4.69, 9.17) is 16.3 Å². The van der Waals surface area contributed by atoms with Crippen LogP contribution in [0.15, 0.2) is 18.2 Å². The van der Waals surface area contributed by atoms with Crippen molar-refractivity contribution in [2.75, 3.05) is 19.7 Å². The van der Waals surface area contributed by atoms with Crippen LogP contribution in [0.1, 0.15) is 30.6 Å². The molecule has 0 aromatic heterocycles. The van der Waals surface area contributed by atoms with Crippen molar-refractivity contribution in [1.82, 2.24) is 4.90 Å². The topological polar surface area (TPSA) is 46.6 Å². The average Bonchev–Trinajstić information content (AvgIpc) is 2.38. The maximum absolute atomic E-state index is 13.0. The molecule has 0 saturated carbocycles. The Balaban J connectivity index is 2.90. The molecule has 0 spiro atoms. The zero-order chi connectivity index (χ0) is 15.1. The van der Waals surface area contributed by atoms with Crippen molar-refractivity contribution in [1.29, 1.82) is 0 Å². The number of hydrogen-bond donors (Lipinski definition) is 0. The summed E-state index contributed by atoms with van der Waals surface area (Å²) in [5.41, 5.74) is 0.172. The van der Waals surface area contributed by atoms with E-state index in [1.165, 1.54) is 11.0 Å². The summed E-state index contributed by atoms with van der Waals surface area (Å²) in [5.74, 6) is -1.41. The Kier molecular flexibility index (Phi) is 6.45. The van der Waals surface area contributed by atoms with E-state index in [-0.39, 0.29) is 23.7 Å². The Morgan fingerprint density at radius 1 is 1.35 bits per heavy atom. The SMILES string of the molecule is CCCN(CC(=O)OCC)C(=O)c1ccc(F)cc1Cl. The third kappa shape index (κ3) is 4.49. The molecule has 20 heavy (non-hydrogen) atoms. The summed E-state index contributed by atoms with van der Waals surface area (Å²) in [6.07, 6.45) is 0.684. The van der Waals surface area contributed by atoms with Crippen molar-refractivity contribution >= 4 is 23.5 Å². The van der Waals surface area contributed by atoms with Crippen LogP contribution in [0.2, 0.25) is 5.02 Å². The summed E-state index contributed by atoms with van der Waals surface area (Å²) in [6, 6.07) is 3.55. The highest BCUT2D eigenvalue weighted by molar-refractivity contribution is 6.33. The highest BCUT2D eigenvalue weighted by Gasteiger charge is 2.21. The van der Waals surface area contributed by atoms with E-state index in [1.807, 2.05) is 6.92 Å². The number of rotatable bonds is 6. The Hall–Kier alpha value is -1.62. The molecule has 0 aliphatic rings. The predicted molar refractivity (Wildman–Crippen MR) is 74.2 cm³/mol. The van der Waals surface area contributed by atoms with Gasteiger partial charge in [0, 0.05) is 6.54 Å². The number of halogens is 2. The minimum Gasteiger partial charge on any atom is -0.465 e. The lowest BCUT2D eigenvalue weighted by Gasteiger charge is -2.21. The molecule has 4 nitrogen and oxygen atoms in total. The number of hydrogen-bond acceptors (Lipinski definition) is 3. The van der Waals surface area contributed by atoms with Gasteiger partial charge in [-0.05, 0) is 31.5 Å². The number of carbonyl (C=O) groups is 2. The summed E-state index contributed by atoms with van der Waals surface area (Å²) in [5, 5.41) is 0.0277. The summed E-state index contributed by atoms with van der Waals surface area (Å²) in [6.45, 7) is 4.09. The normalized spacial score (nSPS) is 10.2. The lowest BCUT2D eigenvalue weighted by Crippen LogP contribution is -2.37. The number of carbonyl (C=O) groups excluding carboxylic acids is 2. The number of esters is 1. The maximum atomic E-state index is 13.0. The lowest BCUT2D eigenvalue weighted by atomic mass is 10.2. The number of benzene rings is 1. The van der Waals surface area contributed by atoms with E-state index in [1.54, 1.807) is 6.92 Å². The molecule has 0 bridgehead atoms. The van der Waals surface area contributed by atoms with Gasteiger partial charge >= 0.3 is 5.97 Å². The molecule has 0 unspecified atom stereocenters. The van der Waals surface area contributed by atoms with Gasteiger partial charge < -0.3 is 9.64 Å². The fourth-order valence-corrected chi connectivity index (χ4v) is 1.97. The number of ether oxygens (including phenoxy) is 1. The smallest absolute Gasteiger partial charge is 0.325 e. The van der Waals surface area contributed by atoms with Gasteiger partial charge in [0.1, 0.15) is 12.4 Å². The molecule has 0 radical (unpaired) electrons. The van der Waals surface area contributed by atoms with Gasteiger partial charge in [-0.2, -0.15) is 0 Å². The van der Waals surface area contributed by atoms with E-state index in [0.717, 1.165) is 12.1 Å². The van der Waals surface area contributed by atoms with Crippen LogP contribution in [0.4, 0.5) is 4.39 Å². The largest absolute Gasteiger partial charge is 0.465 e. The van der Waals surface area contributed by atoms with E-state index < -0.39 is 17.7 Å². The maximum Gasteiger partial charge on any atom is 0.325 e. The van der Waals surface area contributed by atoms with E-state index in [9.17, 15) is 14.0 Å². The van der Waals surface area contributed by atoms with Crippen LogP contribution in [0, 0.1) is 5.82 Å². The Bertz CT molecular complexity index is 493. The van der Waals surface area contributed by atoms with Gasteiger partial charge in [-0.25, -0.2) is 4.39 Å². The fraction of sp³-hybridized carbons (Fsp3) is 0.429. The molecule has 1 amide bonds. The van der Waals surface area contributed by atoms with Crippen molar-refractivity contribution in [2.45, 2.75) is 20.3 Å². The van der Waals surface area contributed by atoms with Gasteiger partial charge in [0.25, 0.3) is 5.91 Å². The fourth-order valence-electron chi connectivity index (χ4n) is 1.72. The highest BCUT2D eigenvalue weighted by atomic mass is 35.5. The van der Waals surface area contributed by atoms with Crippen LogP contribution in [0.3, 0.4) is 0 Å². The first-order valence-corrected chi connectivity index (χ1v) is 6.77. The first-order valence-electron chi connectivity index (χ1n) is 6.39. The molecule has 1 aromatic carbocycles. The second-order valence-corrected chi connectivity index (χ2v) is 4.56. The van der Waals surface area contributed by atoms with Crippen LogP contribution >= 0.6 is 11.6 Å². The van der Waals surface area contributed by atoms with Crippen LogP contribution in [0.5, 0.6) is 0 Å². The van der Waals surface area contributed by atoms with E-state index in [2.05, 4.69) is 0 Å². The summed E-state index contributed by atoms with van der Waals surface area (Å²) in [7, 11) is 0. The van der Waals surface area contributed by atoms with Gasteiger partial charge in [-0.1, -0.05) is 18.5 Å². The van der Waals surface area contributed by atoms with Crippen molar-refractivity contribution < 1.29 is 18.7 Å². The minimum atomic E-state index is -0.515. The Labute approximate surface area is 122 Å². The van der Waals surface area contributed by atoms with Gasteiger partial charge in [-0.3, -0.25) is 9.59 Å². The summed E-state index contributed by atoms with van der Waals surface area (Å²) in [4.78, 5) is 25.2. The van der Waals surface area contributed by atoms with Crippen LogP contribution in [-0.4, -0.2) is 36.5 Å². The molecule has 1 aromatic rings. The van der Waals surface area contributed by atoms with Crippen molar-refractivity contribution in [3.05, 3.63) is 34.6 Å². The number of nitrogens with zero attached hydrogens (tertiary/aromatic N) is 1. The predicted octanol–water partition coefficient (Wildman–Crippen LogP) is 2.89. The molecule has 0 fully saturated rings. The second-order valence-electron chi connectivity index (χ2n) is 4.16. The van der Waals surface area contributed by atoms with Crippen LogP contribution < -0.4 is 0 Å². The zero-order valence-electron chi connectivity index (χ0n) is 11.5. The standard InChI is InChI=1S/C14H17ClFNO3/c1-3-7-17(9-13(18)20-4-2)14(19)11-6-5-10(16)8-12(11)15/h5-6,8H,3-4,7,9H2,1-2H3. The zero-order valence-corrected chi connectivity index (χ0v) is 12.2.